The average Bonchev–Trinajstić information content (AvgIpc) is 2.33. The van der Waals surface area contributed by atoms with Crippen LogP contribution in [0.25, 0.3) is 0 Å². The maximum atomic E-state index is 9.38. The van der Waals surface area contributed by atoms with Gasteiger partial charge in [-0.3, -0.25) is 14.9 Å². The molecule has 0 bridgehead atoms. The van der Waals surface area contributed by atoms with Gasteiger partial charge in [-0.1, -0.05) is 0 Å². The lowest BCUT2D eigenvalue weighted by Crippen LogP contribution is -2.40. The molecule has 2 heterocycles. The minimum Gasteiger partial charge on any atom is -0.394 e. The molecule has 5 nitrogen and oxygen atoms in total. The summed E-state index contributed by atoms with van der Waals surface area (Å²) in [6.45, 7) is 3.18. The zero-order valence-electron chi connectivity index (χ0n) is 8.54. The molecule has 1 aromatic heterocycles. The van der Waals surface area contributed by atoms with E-state index in [9.17, 15) is 5.11 Å². The first-order valence-corrected chi connectivity index (χ1v) is 5.10. The smallest absolute Gasteiger partial charge is 0.0781 e. The van der Waals surface area contributed by atoms with Crippen LogP contribution in [0.3, 0.4) is 0 Å². The molecule has 1 N–H and O–H groups in total. The molecule has 0 spiro atoms. The van der Waals surface area contributed by atoms with E-state index in [1.165, 1.54) is 0 Å². The fourth-order valence-corrected chi connectivity index (χ4v) is 1.77. The fraction of sp³-hybridized carbons (Fsp3) is 0.600. The molecule has 82 valence electrons. The molecule has 2 rings (SSSR count). The summed E-state index contributed by atoms with van der Waals surface area (Å²) in [5, 5.41) is 9.38. The number of aromatic nitrogens is 2. The number of aliphatic hydroxyl groups excluding tert-OH is 1. The van der Waals surface area contributed by atoms with Crippen LogP contribution in [0.2, 0.25) is 0 Å². The Morgan fingerprint density at radius 2 is 2.20 bits per heavy atom. The molecule has 1 fully saturated rings. The largest absolute Gasteiger partial charge is 0.394 e. The SMILES string of the molecule is OCC(c1cnccn1)N1CCOCC1. The first-order valence-electron chi connectivity index (χ1n) is 5.10. The summed E-state index contributed by atoms with van der Waals surface area (Å²) in [5.74, 6) is 0. The van der Waals surface area contributed by atoms with Crippen molar-refractivity contribution in [1.82, 2.24) is 14.9 Å². The zero-order chi connectivity index (χ0) is 10.5. The molecule has 1 saturated heterocycles. The van der Waals surface area contributed by atoms with Crippen LogP contribution >= 0.6 is 0 Å². The lowest BCUT2D eigenvalue weighted by atomic mass is 10.2. The number of nitrogens with zero attached hydrogens (tertiary/aromatic N) is 3. The van der Waals surface area contributed by atoms with Gasteiger partial charge in [-0.15, -0.1) is 0 Å². The Morgan fingerprint density at radius 1 is 1.40 bits per heavy atom. The Labute approximate surface area is 88.7 Å². The van der Waals surface area contributed by atoms with Crippen molar-refractivity contribution in [2.24, 2.45) is 0 Å². The molecule has 5 heteroatoms. The second-order valence-electron chi connectivity index (χ2n) is 3.48. The third-order valence-corrected chi connectivity index (χ3v) is 2.58. The van der Waals surface area contributed by atoms with Crippen molar-refractivity contribution in [1.29, 1.82) is 0 Å². The topological polar surface area (TPSA) is 58.5 Å². The highest BCUT2D eigenvalue weighted by Crippen LogP contribution is 2.18. The quantitative estimate of drug-likeness (QED) is 0.749. The standard InChI is InChI=1S/C10H15N3O2/c14-8-10(9-7-11-1-2-12-9)13-3-5-15-6-4-13/h1-2,7,10,14H,3-6,8H2. The second-order valence-corrected chi connectivity index (χ2v) is 3.48. The van der Waals surface area contributed by atoms with E-state index in [0.29, 0.717) is 0 Å². The van der Waals surface area contributed by atoms with Gasteiger partial charge in [0, 0.05) is 25.5 Å². The first-order chi connectivity index (χ1) is 7.42. The molecular weight excluding hydrogens is 194 g/mol. The van der Waals surface area contributed by atoms with Crippen LogP contribution in [0.15, 0.2) is 18.6 Å². The number of ether oxygens (including phenoxy) is 1. The summed E-state index contributed by atoms with van der Waals surface area (Å²) in [7, 11) is 0. The van der Waals surface area contributed by atoms with Gasteiger partial charge in [0.05, 0.1) is 37.8 Å². The maximum Gasteiger partial charge on any atom is 0.0781 e. The molecule has 0 saturated carbocycles. The molecular formula is C10H15N3O2. The van der Waals surface area contributed by atoms with Gasteiger partial charge in [0.15, 0.2) is 0 Å². The van der Waals surface area contributed by atoms with Crippen molar-refractivity contribution in [3.8, 4) is 0 Å². The van der Waals surface area contributed by atoms with Crippen LogP contribution in [0.4, 0.5) is 0 Å². The Kier molecular flexibility index (Phi) is 3.60. The fourth-order valence-electron chi connectivity index (χ4n) is 1.77. The lowest BCUT2D eigenvalue weighted by molar-refractivity contribution is 0.00145. The van der Waals surface area contributed by atoms with Gasteiger partial charge in [0.2, 0.25) is 0 Å². The third-order valence-electron chi connectivity index (χ3n) is 2.58. The number of aliphatic hydroxyl groups is 1. The van der Waals surface area contributed by atoms with Crippen LogP contribution in [0, 0.1) is 0 Å². The van der Waals surface area contributed by atoms with Gasteiger partial charge >= 0.3 is 0 Å². The number of hydrogen-bond acceptors (Lipinski definition) is 5. The van der Waals surface area contributed by atoms with Crippen molar-refractivity contribution in [3.63, 3.8) is 0 Å². The van der Waals surface area contributed by atoms with Gasteiger partial charge in [-0.05, 0) is 0 Å². The molecule has 15 heavy (non-hydrogen) atoms. The van der Waals surface area contributed by atoms with Crippen molar-refractivity contribution < 1.29 is 9.84 Å². The summed E-state index contributed by atoms with van der Waals surface area (Å²) in [6.07, 6.45) is 4.99. The van der Waals surface area contributed by atoms with Crippen molar-refractivity contribution >= 4 is 0 Å². The van der Waals surface area contributed by atoms with E-state index < -0.39 is 0 Å². The van der Waals surface area contributed by atoms with Crippen LogP contribution in [0.5, 0.6) is 0 Å². The molecule has 1 aromatic rings. The Balaban J connectivity index is 2.09. The molecule has 0 amide bonds. The zero-order valence-corrected chi connectivity index (χ0v) is 8.54. The van der Waals surface area contributed by atoms with Gasteiger partial charge in [-0.2, -0.15) is 0 Å². The number of morpholine rings is 1. The van der Waals surface area contributed by atoms with Gasteiger partial charge < -0.3 is 9.84 Å². The third kappa shape index (κ3) is 2.50. The van der Waals surface area contributed by atoms with E-state index in [1.807, 2.05) is 0 Å². The lowest BCUT2D eigenvalue weighted by Gasteiger charge is -2.32. The number of hydrogen-bond donors (Lipinski definition) is 1. The van der Waals surface area contributed by atoms with E-state index >= 15 is 0 Å². The molecule has 1 atom stereocenters. The summed E-state index contributed by atoms with van der Waals surface area (Å²) < 4.78 is 5.27. The molecule has 1 aliphatic rings. The van der Waals surface area contributed by atoms with E-state index in [-0.39, 0.29) is 12.6 Å². The Morgan fingerprint density at radius 3 is 2.80 bits per heavy atom. The minimum absolute atomic E-state index is 0.0531. The summed E-state index contributed by atoms with van der Waals surface area (Å²) >= 11 is 0. The van der Waals surface area contributed by atoms with Crippen LogP contribution in [0.1, 0.15) is 11.7 Å². The predicted octanol–water partition coefficient (Wildman–Crippen LogP) is -0.158. The predicted molar refractivity (Wildman–Crippen MR) is 54.3 cm³/mol. The monoisotopic (exact) mass is 209 g/mol. The van der Waals surface area contributed by atoms with Gasteiger partial charge in [0.25, 0.3) is 0 Å². The molecule has 0 aliphatic carbocycles. The van der Waals surface area contributed by atoms with E-state index in [4.69, 9.17) is 4.74 Å². The molecule has 0 radical (unpaired) electrons. The average molecular weight is 209 g/mol. The molecule has 1 unspecified atom stereocenters. The Bertz CT molecular complexity index is 288. The van der Waals surface area contributed by atoms with Crippen LogP contribution in [-0.2, 0) is 4.74 Å². The van der Waals surface area contributed by atoms with E-state index in [1.54, 1.807) is 18.6 Å². The van der Waals surface area contributed by atoms with Crippen LogP contribution < -0.4 is 0 Å². The van der Waals surface area contributed by atoms with Crippen molar-refractivity contribution in [3.05, 3.63) is 24.3 Å². The summed E-state index contributed by atoms with van der Waals surface area (Å²) in [5.41, 5.74) is 0.821. The Hall–Kier alpha value is -1.04. The molecule has 0 aromatic carbocycles. The van der Waals surface area contributed by atoms with Gasteiger partial charge in [0.1, 0.15) is 0 Å². The normalized spacial score (nSPS) is 20.1. The molecule has 1 aliphatic heterocycles. The number of rotatable bonds is 3. The van der Waals surface area contributed by atoms with E-state index in [2.05, 4.69) is 14.9 Å². The second kappa shape index (κ2) is 5.16. The minimum atomic E-state index is -0.0531. The highest BCUT2D eigenvalue weighted by Gasteiger charge is 2.22. The van der Waals surface area contributed by atoms with Crippen molar-refractivity contribution in [2.45, 2.75) is 6.04 Å². The van der Waals surface area contributed by atoms with E-state index in [0.717, 1.165) is 32.0 Å². The van der Waals surface area contributed by atoms with Crippen LogP contribution in [-0.4, -0.2) is 52.9 Å². The summed E-state index contributed by atoms with van der Waals surface area (Å²) in [6, 6.07) is -0.0531. The first kappa shape index (κ1) is 10.5. The van der Waals surface area contributed by atoms with Crippen molar-refractivity contribution in [2.75, 3.05) is 32.9 Å². The maximum absolute atomic E-state index is 9.38. The summed E-state index contributed by atoms with van der Waals surface area (Å²) in [4.78, 5) is 10.4. The van der Waals surface area contributed by atoms with Gasteiger partial charge in [-0.25, -0.2) is 0 Å². The highest BCUT2D eigenvalue weighted by molar-refractivity contribution is 5.03. The highest BCUT2D eigenvalue weighted by atomic mass is 16.5.